The Morgan fingerprint density at radius 1 is 1.26 bits per heavy atom. The van der Waals surface area contributed by atoms with Crippen molar-refractivity contribution in [1.82, 2.24) is 25.2 Å². The summed E-state index contributed by atoms with van der Waals surface area (Å²) in [5, 5.41) is 9.54. The zero-order valence-electron chi connectivity index (χ0n) is 13.9. The van der Waals surface area contributed by atoms with Gasteiger partial charge < -0.3 is 9.84 Å². The molecule has 0 saturated heterocycles. The average Bonchev–Trinajstić information content (AvgIpc) is 3.21. The maximum absolute atomic E-state index is 12.8. The Morgan fingerprint density at radius 2 is 1.96 bits per heavy atom. The van der Waals surface area contributed by atoms with E-state index in [2.05, 4.69) is 20.6 Å². The lowest BCUT2D eigenvalue weighted by Crippen LogP contribution is -2.23. The smallest absolute Gasteiger partial charge is 0.344 e. The van der Waals surface area contributed by atoms with Crippen molar-refractivity contribution in [2.45, 2.75) is 26.2 Å². The highest BCUT2D eigenvalue weighted by molar-refractivity contribution is 5.89. The molecule has 0 radical (unpaired) electrons. The molecule has 27 heavy (non-hydrogen) atoms. The van der Waals surface area contributed by atoms with Gasteiger partial charge >= 0.3 is 18.0 Å². The van der Waals surface area contributed by atoms with Gasteiger partial charge in [-0.05, 0) is 30.7 Å². The number of aryl methyl sites for hydroxylation is 1. The molecule has 0 bridgehead atoms. The number of nitrogens with zero attached hydrogens (tertiary/aromatic N) is 4. The first-order valence-corrected chi connectivity index (χ1v) is 7.69. The fourth-order valence-corrected chi connectivity index (χ4v) is 2.21. The fourth-order valence-electron chi connectivity index (χ4n) is 2.21. The Bertz CT molecular complexity index is 947. The maximum atomic E-state index is 12.8. The second kappa shape index (κ2) is 7.17. The standard InChI is InChI=1S/C16H13F4N5O2/c1-9-6-12(16(18,19)20)23-25(9)8-13-22-15(27-24-13)14(26)21-7-10-2-4-11(17)5-3-10/h2-6H,7-8H2,1H3,(H,21,26). The van der Waals surface area contributed by atoms with E-state index in [-0.39, 0.29) is 30.5 Å². The van der Waals surface area contributed by atoms with Gasteiger partial charge in [0.15, 0.2) is 11.5 Å². The highest BCUT2D eigenvalue weighted by Crippen LogP contribution is 2.28. The molecule has 2 heterocycles. The molecule has 0 atom stereocenters. The normalized spacial score (nSPS) is 11.6. The van der Waals surface area contributed by atoms with Gasteiger partial charge in [0.05, 0.1) is 0 Å². The van der Waals surface area contributed by atoms with E-state index in [1.54, 1.807) is 0 Å². The average molecular weight is 383 g/mol. The second-order valence-electron chi connectivity index (χ2n) is 5.65. The van der Waals surface area contributed by atoms with E-state index < -0.39 is 23.6 Å². The molecule has 0 aliphatic heterocycles. The summed E-state index contributed by atoms with van der Waals surface area (Å²) >= 11 is 0. The highest BCUT2D eigenvalue weighted by Gasteiger charge is 2.34. The lowest BCUT2D eigenvalue weighted by Gasteiger charge is -2.02. The summed E-state index contributed by atoms with van der Waals surface area (Å²) < 4.78 is 56.8. The maximum Gasteiger partial charge on any atom is 0.435 e. The van der Waals surface area contributed by atoms with E-state index >= 15 is 0 Å². The van der Waals surface area contributed by atoms with E-state index in [9.17, 15) is 22.4 Å². The number of benzene rings is 1. The van der Waals surface area contributed by atoms with Crippen LogP contribution in [-0.4, -0.2) is 25.8 Å². The molecular weight excluding hydrogens is 370 g/mol. The first-order valence-electron chi connectivity index (χ1n) is 7.69. The van der Waals surface area contributed by atoms with Gasteiger partial charge in [-0.25, -0.2) is 4.39 Å². The minimum absolute atomic E-state index is 0.00172. The summed E-state index contributed by atoms with van der Waals surface area (Å²) in [5.74, 6) is -1.39. The van der Waals surface area contributed by atoms with E-state index in [0.717, 1.165) is 10.7 Å². The van der Waals surface area contributed by atoms with Crippen molar-refractivity contribution >= 4 is 5.91 Å². The molecular formula is C16H13F4N5O2. The number of alkyl halides is 3. The molecule has 142 valence electrons. The van der Waals surface area contributed by atoms with Gasteiger partial charge in [0.2, 0.25) is 0 Å². The first kappa shape index (κ1) is 18.5. The largest absolute Gasteiger partial charge is 0.435 e. The Morgan fingerprint density at radius 3 is 2.59 bits per heavy atom. The van der Waals surface area contributed by atoms with Gasteiger partial charge in [0.25, 0.3) is 0 Å². The summed E-state index contributed by atoms with van der Waals surface area (Å²) in [7, 11) is 0. The highest BCUT2D eigenvalue weighted by atomic mass is 19.4. The van der Waals surface area contributed by atoms with Crippen molar-refractivity contribution < 1.29 is 26.9 Å². The predicted octanol–water partition coefficient (Wildman–Crippen LogP) is 2.71. The topological polar surface area (TPSA) is 85.8 Å². The summed E-state index contributed by atoms with van der Waals surface area (Å²) in [6.45, 7) is 1.39. The molecule has 1 amide bonds. The molecule has 0 spiro atoms. The van der Waals surface area contributed by atoms with Crippen molar-refractivity contribution in [2.75, 3.05) is 0 Å². The lowest BCUT2D eigenvalue weighted by atomic mass is 10.2. The van der Waals surface area contributed by atoms with Gasteiger partial charge in [-0.15, -0.1) is 0 Å². The molecule has 0 unspecified atom stereocenters. The number of hydrogen-bond acceptors (Lipinski definition) is 5. The van der Waals surface area contributed by atoms with E-state index in [1.807, 2.05) is 0 Å². The molecule has 1 N–H and O–H groups in total. The van der Waals surface area contributed by atoms with Crippen LogP contribution in [0.15, 0.2) is 34.9 Å². The zero-order valence-corrected chi connectivity index (χ0v) is 13.9. The number of hydrogen-bond donors (Lipinski definition) is 1. The molecule has 2 aromatic heterocycles. The van der Waals surface area contributed by atoms with Crippen molar-refractivity contribution in [1.29, 1.82) is 0 Å². The van der Waals surface area contributed by atoms with Crippen LogP contribution >= 0.6 is 0 Å². The van der Waals surface area contributed by atoms with Gasteiger partial charge in [-0.3, -0.25) is 9.48 Å². The van der Waals surface area contributed by atoms with Crippen LogP contribution in [0.4, 0.5) is 17.6 Å². The second-order valence-corrected chi connectivity index (χ2v) is 5.65. The molecule has 1 aromatic carbocycles. The number of nitrogens with one attached hydrogen (secondary N) is 1. The first-order chi connectivity index (χ1) is 12.7. The molecule has 11 heteroatoms. The molecule has 0 fully saturated rings. The molecule has 3 rings (SSSR count). The van der Waals surface area contributed by atoms with Gasteiger partial charge in [-0.2, -0.15) is 23.3 Å². The number of carbonyl (C=O) groups is 1. The fraction of sp³-hybridized carbons (Fsp3) is 0.250. The van der Waals surface area contributed by atoms with Crippen LogP contribution in [0.3, 0.4) is 0 Å². The third-order valence-electron chi connectivity index (χ3n) is 3.59. The van der Waals surface area contributed by atoms with Gasteiger partial charge in [0, 0.05) is 12.2 Å². The zero-order chi connectivity index (χ0) is 19.6. The van der Waals surface area contributed by atoms with Crippen LogP contribution in [0.25, 0.3) is 0 Å². The van der Waals surface area contributed by atoms with Crippen LogP contribution in [-0.2, 0) is 19.3 Å². The molecule has 3 aromatic rings. The summed E-state index contributed by atoms with van der Waals surface area (Å²) in [6, 6.07) is 6.43. The van der Waals surface area contributed by atoms with Crippen molar-refractivity contribution in [3.05, 3.63) is 64.8 Å². The monoisotopic (exact) mass is 383 g/mol. The van der Waals surface area contributed by atoms with Crippen LogP contribution < -0.4 is 5.32 Å². The molecule has 0 aliphatic rings. The van der Waals surface area contributed by atoms with Crippen LogP contribution in [0.5, 0.6) is 0 Å². The Hall–Kier alpha value is -3.24. The Balaban J connectivity index is 1.63. The molecule has 0 aliphatic carbocycles. The number of halogens is 4. The van der Waals surface area contributed by atoms with E-state index in [4.69, 9.17) is 4.52 Å². The molecule has 0 saturated carbocycles. The van der Waals surface area contributed by atoms with Crippen LogP contribution in [0.2, 0.25) is 0 Å². The third-order valence-corrected chi connectivity index (χ3v) is 3.59. The summed E-state index contributed by atoms with van der Waals surface area (Å²) in [5.41, 5.74) is -0.105. The van der Waals surface area contributed by atoms with Crippen molar-refractivity contribution in [2.24, 2.45) is 0 Å². The number of amides is 1. The Labute approximate surface area is 150 Å². The predicted molar refractivity (Wildman–Crippen MR) is 82.9 cm³/mol. The third kappa shape index (κ3) is 4.49. The van der Waals surface area contributed by atoms with Crippen LogP contribution in [0, 0.1) is 12.7 Å². The van der Waals surface area contributed by atoms with Crippen LogP contribution in [0.1, 0.15) is 33.5 Å². The quantitative estimate of drug-likeness (QED) is 0.685. The minimum atomic E-state index is -4.56. The number of rotatable bonds is 5. The van der Waals surface area contributed by atoms with Crippen molar-refractivity contribution in [3.8, 4) is 0 Å². The summed E-state index contributed by atoms with van der Waals surface area (Å²) in [4.78, 5) is 15.9. The SMILES string of the molecule is Cc1cc(C(F)(F)F)nn1Cc1noc(C(=O)NCc2ccc(F)cc2)n1. The minimum Gasteiger partial charge on any atom is -0.344 e. The van der Waals surface area contributed by atoms with Gasteiger partial charge in [0.1, 0.15) is 12.4 Å². The number of carbonyl (C=O) groups excluding carboxylic acids is 1. The van der Waals surface area contributed by atoms with Gasteiger partial charge in [-0.1, -0.05) is 17.3 Å². The van der Waals surface area contributed by atoms with Crippen molar-refractivity contribution in [3.63, 3.8) is 0 Å². The Kier molecular flexibility index (Phi) is 4.93. The van der Waals surface area contributed by atoms with E-state index in [0.29, 0.717) is 5.56 Å². The summed E-state index contributed by atoms with van der Waals surface area (Å²) in [6.07, 6.45) is -4.56. The van der Waals surface area contributed by atoms with E-state index in [1.165, 1.54) is 31.2 Å². The lowest BCUT2D eigenvalue weighted by molar-refractivity contribution is -0.141. The molecule has 7 nitrogen and oxygen atoms in total. The number of aromatic nitrogens is 4.